The van der Waals surface area contributed by atoms with E-state index in [9.17, 15) is 13.5 Å². The van der Waals surface area contributed by atoms with Crippen LogP contribution in [0.1, 0.15) is 43.2 Å². The minimum Gasteiger partial charge on any atom is -0.393 e. The maximum Gasteiger partial charge on any atom is 0.384 e. The number of aliphatic hydroxyl groups excluding tert-OH is 1. The van der Waals surface area contributed by atoms with Gasteiger partial charge >= 0.3 is 10.3 Å². The second kappa shape index (κ2) is 5.94. The first-order valence-corrected chi connectivity index (χ1v) is 10.4. The molecular formula is C20H25NO4S. The number of fused-ring (bicyclic) bond motifs is 5. The molecule has 0 bridgehead atoms. The minimum absolute atomic E-state index is 0.0243. The standard InChI is InChI=1S/C20H25NO4S/c1-20-11-10-16-15-7-5-14(25-26(23,24)21(2)3)12-13(15)4-6-17(16)18(20)8-9-19(20)22/h4-7,12,18-19,22H,8-11H2,1-3H3/t18?,19-,20-/m0/s1. The molecule has 2 aromatic rings. The summed E-state index contributed by atoms with van der Waals surface area (Å²) < 4.78 is 30.1. The van der Waals surface area contributed by atoms with E-state index in [0.717, 1.165) is 40.8 Å². The number of benzene rings is 2. The molecule has 1 fully saturated rings. The Bertz CT molecular complexity index is 969. The molecule has 2 aliphatic rings. The quantitative estimate of drug-likeness (QED) is 0.894. The van der Waals surface area contributed by atoms with Crippen molar-refractivity contribution >= 4 is 21.1 Å². The molecule has 4 rings (SSSR count). The fourth-order valence-electron chi connectivity index (χ4n) is 4.70. The highest BCUT2D eigenvalue weighted by molar-refractivity contribution is 7.84. The predicted octanol–water partition coefficient (Wildman–Crippen LogP) is 3.22. The van der Waals surface area contributed by atoms with Crippen LogP contribution in [-0.2, 0) is 16.7 Å². The van der Waals surface area contributed by atoms with E-state index in [0.29, 0.717) is 11.7 Å². The topological polar surface area (TPSA) is 66.8 Å². The molecule has 0 spiro atoms. The fraction of sp³-hybridized carbons (Fsp3) is 0.500. The molecule has 26 heavy (non-hydrogen) atoms. The van der Waals surface area contributed by atoms with Crippen LogP contribution >= 0.6 is 0 Å². The molecule has 1 unspecified atom stereocenters. The van der Waals surface area contributed by atoms with E-state index in [-0.39, 0.29) is 11.5 Å². The van der Waals surface area contributed by atoms with Gasteiger partial charge in [0.15, 0.2) is 0 Å². The summed E-state index contributed by atoms with van der Waals surface area (Å²) in [5.74, 6) is 0.721. The Morgan fingerprint density at radius 3 is 2.69 bits per heavy atom. The zero-order valence-corrected chi connectivity index (χ0v) is 16.2. The molecule has 2 aromatic carbocycles. The van der Waals surface area contributed by atoms with E-state index in [1.54, 1.807) is 12.1 Å². The highest BCUT2D eigenvalue weighted by Crippen LogP contribution is 2.56. The lowest BCUT2D eigenvalue weighted by Crippen LogP contribution is -2.35. The van der Waals surface area contributed by atoms with Gasteiger partial charge in [-0.15, -0.1) is 0 Å². The van der Waals surface area contributed by atoms with E-state index < -0.39 is 10.3 Å². The van der Waals surface area contributed by atoms with Crippen LogP contribution in [0.5, 0.6) is 5.75 Å². The Labute approximate surface area is 154 Å². The summed E-state index contributed by atoms with van der Waals surface area (Å²) in [5, 5.41) is 12.6. The monoisotopic (exact) mass is 375 g/mol. The third kappa shape index (κ3) is 2.63. The van der Waals surface area contributed by atoms with Gasteiger partial charge in [-0.05, 0) is 65.6 Å². The second-order valence-electron chi connectivity index (χ2n) is 7.99. The fourth-order valence-corrected chi connectivity index (χ4v) is 5.20. The number of hydrogen-bond acceptors (Lipinski definition) is 4. The van der Waals surface area contributed by atoms with Crippen molar-refractivity contribution in [3.63, 3.8) is 0 Å². The third-order valence-corrected chi connectivity index (χ3v) is 7.66. The molecule has 0 aromatic heterocycles. The second-order valence-corrected chi connectivity index (χ2v) is 9.74. The van der Waals surface area contributed by atoms with Gasteiger partial charge in [-0.2, -0.15) is 12.7 Å². The third-order valence-electron chi connectivity index (χ3n) is 6.36. The summed E-state index contributed by atoms with van der Waals surface area (Å²) in [5.41, 5.74) is 2.65. The van der Waals surface area contributed by atoms with Crippen molar-refractivity contribution in [2.24, 2.45) is 5.41 Å². The van der Waals surface area contributed by atoms with Crippen LogP contribution in [0.4, 0.5) is 0 Å². The summed E-state index contributed by atoms with van der Waals surface area (Å²) in [6.45, 7) is 2.21. The summed E-state index contributed by atoms with van der Waals surface area (Å²) in [4.78, 5) is 0. The van der Waals surface area contributed by atoms with Crippen molar-refractivity contribution in [3.05, 3.63) is 41.5 Å². The van der Waals surface area contributed by atoms with E-state index in [1.807, 2.05) is 12.1 Å². The van der Waals surface area contributed by atoms with E-state index in [4.69, 9.17) is 4.18 Å². The van der Waals surface area contributed by atoms with Gasteiger partial charge in [-0.1, -0.05) is 25.1 Å². The van der Waals surface area contributed by atoms with Crippen molar-refractivity contribution < 1.29 is 17.7 Å². The van der Waals surface area contributed by atoms with Crippen molar-refractivity contribution in [1.29, 1.82) is 0 Å². The molecule has 0 radical (unpaired) electrons. The first-order chi connectivity index (χ1) is 12.2. The number of aliphatic hydroxyl groups is 1. The van der Waals surface area contributed by atoms with Gasteiger partial charge in [0, 0.05) is 19.5 Å². The van der Waals surface area contributed by atoms with Crippen LogP contribution in [0, 0.1) is 5.41 Å². The summed E-state index contributed by atoms with van der Waals surface area (Å²) >= 11 is 0. The molecule has 0 amide bonds. The highest BCUT2D eigenvalue weighted by Gasteiger charge is 2.49. The Morgan fingerprint density at radius 1 is 1.19 bits per heavy atom. The normalized spacial score (nSPS) is 28.2. The smallest absolute Gasteiger partial charge is 0.384 e. The van der Waals surface area contributed by atoms with Gasteiger partial charge in [-0.3, -0.25) is 0 Å². The van der Waals surface area contributed by atoms with Gasteiger partial charge in [0.25, 0.3) is 0 Å². The zero-order valence-electron chi connectivity index (χ0n) is 15.4. The summed E-state index contributed by atoms with van der Waals surface area (Å²) in [6, 6.07) is 9.67. The molecule has 6 heteroatoms. The highest BCUT2D eigenvalue weighted by atomic mass is 32.2. The van der Waals surface area contributed by atoms with Gasteiger partial charge in [-0.25, -0.2) is 0 Å². The summed E-state index contributed by atoms with van der Waals surface area (Å²) in [7, 11) is -0.869. The van der Waals surface area contributed by atoms with Crippen LogP contribution in [0.25, 0.3) is 10.8 Å². The van der Waals surface area contributed by atoms with Crippen molar-refractivity contribution in [2.45, 2.75) is 44.6 Å². The van der Waals surface area contributed by atoms with Crippen molar-refractivity contribution in [2.75, 3.05) is 14.1 Å². The lowest BCUT2D eigenvalue weighted by atomic mass is 9.65. The lowest BCUT2D eigenvalue weighted by molar-refractivity contribution is 0.0459. The Balaban J connectivity index is 1.75. The number of nitrogens with zero attached hydrogens (tertiary/aromatic N) is 1. The summed E-state index contributed by atoms with van der Waals surface area (Å²) in [6.07, 6.45) is 3.60. The SMILES string of the molecule is CN(C)S(=O)(=O)Oc1ccc2c3c(ccc2c1)C1CC[C@H](O)[C@@]1(C)CC3. The maximum atomic E-state index is 11.9. The zero-order chi connectivity index (χ0) is 18.7. The molecule has 5 nitrogen and oxygen atoms in total. The van der Waals surface area contributed by atoms with Gasteiger partial charge in [0.2, 0.25) is 0 Å². The molecule has 140 valence electrons. The van der Waals surface area contributed by atoms with Crippen molar-refractivity contribution in [1.82, 2.24) is 4.31 Å². The molecule has 0 aliphatic heterocycles. The van der Waals surface area contributed by atoms with Crippen molar-refractivity contribution in [3.8, 4) is 5.75 Å². The van der Waals surface area contributed by atoms with Crippen LogP contribution in [-0.4, -0.2) is 38.0 Å². The molecule has 1 N–H and O–H groups in total. The first kappa shape index (κ1) is 17.8. The van der Waals surface area contributed by atoms with Gasteiger partial charge < -0.3 is 9.29 Å². The lowest BCUT2D eigenvalue weighted by Gasteiger charge is -2.40. The van der Waals surface area contributed by atoms with E-state index in [2.05, 4.69) is 13.0 Å². The first-order valence-electron chi connectivity index (χ1n) is 9.08. The molecule has 2 aliphatic carbocycles. The van der Waals surface area contributed by atoms with Crippen LogP contribution in [0.3, 0.4) is 0 Å². The Kier molecular flexibility index (Phi) is 4.06. The average Bonchev–Trinajstić information content (AvgIpc) is 2.89. The number of rotatable bonds is 3. The average molecular weight is 375 g/mol. The molecular weight excluding hydrogens is 350 g/mol. The number of hydrogen-bond donors (Lipinski definition) is 1. The predicted molar refractivity (Wildman–Crippen MR) is 102 cm³/mol. The van der Waals surface area contributed by atoms with Gasteiger partial charge in [0.1, 0.15) is 5.75 Å². The maximum absolute atomic E-state index is 11.9. The van der Waals surface area contributed by atoms with E-state index >= 15 is 0 Å². The number of aryl methyl sites for hydroxylation is 1. The molecule has 1 saturated carbocycles. The molecule has 0 saturated heterocycles. The van der Waals surface area contributed by atoms with E-state index in [1.165, 1.54) is 25.2 Å². The van der Waals surface area contributed by atoms with Crippen LogP contribution in [0.15, 0.2) is 30.3 Å². The molecule has 0 heterocycles. The minimum atomic E-state index is -3.76. The Morgan fingerprint density at radius 2 is 1.96 bits per heavy atom. The largest absolute Gasteiger partial charge is 0.393 e. The molecule has 3 atom stereocenters. The van der Waals surface area contributed by atoms with Crippen LogP contribution < -0.4 is 4.18 Å². The Hall–Kier alpha value is -1.63. The van der Waals surface area contributed by atoms with Gasteiger partial charge in [0.05, 0.1) is 6.10 Å². The van der Waals surface area contributed by atoms with Crippen LogP contribution in [0.2, 0.25) is 0 Å².